The second kappa shape index (κ2) is 13.3. The van der Waals surface area contributed by atoms with Crippen molar-refractivity contribution in [3.8, 4) is 0 Å². The average Bonchev–Trinajstić information content (AvgIpc) is 2.63. The number of carbonyl (C=O) groups is 2. The molecule has 4 heteroatoms. The van der Waals surface area contributed by atoms with E-state index >= 15 is 0 Å². The zero-order valence-electron chi connectivity index (χ0n) is 17.2. The van der Waals surface area contributed by atoms with Crippen LogP contribution in [0.25, 0.3) is 0 Å². The van der Waals surface area contributed by atoms with Crippen molar-refractivity contribution in [2.75, 3.05) is 0 Å². The van der Waals surface area contributed by atoms with Crippen molar-refractivity contribution in [2.45, 2.75) is 91.1 Å². The summed E-state index contributed by atoms with van der Waals surface area (Å²) >= 11 is 0. The van der Waals surface area contributed by atoms with E-state index in [-0.39, 0.29) is 17.2 Å². The molecule has 1 aromatic carbocycles. The minimum atomic E-state index is -1.11. The third kappa shape index (κ3) is 9.60. The number of ether oxygens (including phenoxy) is 1. The maximum Gasteiger partial charge on any atom is 0.339 e. The number of carboxylic acid groups (broad SMARTS) is 1. The average molecular weight is 377 g/mol. The molecule has 1 N–H and O–H groups in total. The van der Waals surface area contributed by atoms with Crippen LogP contribution in [0.5, 0.6) is 0 Å². The van der Waals surface area contributed by atoms with Crippen LogP contribution in [0, 0.1) is 5.92 Å². The lowest BCUT2D eigenvalue weighted by Crippen LogP contribution is -2.22. The van der Waals surface area contributed by atoms with Gasteiger partial charge in [0.15, 0.2) is 0 Å². The van der Waals surface area contributed by atoms with E-state index in [2.05, 4.69) is 20.8 Å². The first kappa shape index (κ1) is 23.2. The summed E-state index contributed by atoms with van der Waals surface area (Å²) < 4.78 is 5.70. The first-order valence-corrected chi connectivity index (χ1v) is 10.5. The van der Waals surface area contributed by atoms with Crippen LogP contribution in [0.15, 0.2) is 24.3 Å². The Balaban J connectivity index is 2.50. The van der Waals surface area contributed by atoms with Gasteiger partial charge in [0.05, 0.1) is 11.1 Å². The van der Waals surface area contributed by atoms with Gasteiger partial charge in [0.2, 0.25) is 0 Å². The van der Waals surface area contributed by atoms with Gasteiger partial charge < -0.3 is 9.84 Å². The third-order valence-corrected chi connectivity index (χ3v) is 4.77. The summed E-state index contributed by atoms with van der Waals surface area (Å²) in [5.74, 6) is -1.21. The molecule has 1 atom stereocenters. The van der Waals surface area contributed by atoms with E-state index in [9.17, 15) is 14.7 Å². The summed E-state index contributed by atoms with van der Waals surface area (Å²) in [5, 5.41) is 9.26. The molecule has 0 saturated carbocycles. The molecule has 0 aliphatic rings. The van der Waals surface area contributed by atoms with Gasteiger partial charge in [-0.3, -0.25) is 0 Å². The molecule has 0 radical (unpaired) electrons. The summed E-state index contributed by atoms with van der Waals surface area (Å²) in [6.45, 7) is 6.45. The highest BCUT2D eigenvalue weighted by Gasteiger charge is 2.21. The van der Waals surface area contributed by atoms with Gasteiger partial charge in [-0.2, -0.15) is 0 Å². The highest BCUT2D eigenvalue weighted by molar-refractivity contribution is 6.02. The fraction of sp³-hybridized carbons (Fsp3) is 0.652. The minimum Gasteiger partial charge on any atom is -0.478 e. The van der Waals surface area contributed by atoms with Crippen LogP contribution >= 0.6 is 0 Å². The van der Waals surface area contributed by atoms with Crippen LogP contribution in [0.4, 0.5) is 0 Å². The number of carbonyl (C=O) groups excluding carboxylic acids is 1. The Kier molecular flexibility index (Phi) is 11.5. The zero-order valence-corrected chi connectivity index (χ0v) is 17.2. The van der Waals surface area contributed by atoms with E-state index in [1.807, 2.05) is 0 Å². The van der Waals surface area contributed by atoms with Crippen molar-refractivity contribution in [3.63, 3.8) is 0 Å². The van der Waals surface area contributed by atoms with Crippen molar-refractivity contribution >= 4 is 11.9 Å². The summed E-state index contributed by atoms with van der Waals surface area (Å²) in [6, 6.07) is 6.24. The van der Waals surface area contributed by atoms with E-state index in [0.29, 0.717) is 5.92 Å². The molecule has 0 amide bonds. The van der Waals surface area contributed by atoms with Gasteiger partial charge in [-0.1, -0.05) is 77.8 Å². The molecule has 1 rings (SSSR count). The minimum absolute atomic E-state index is 0.00197. The molecule has 0 aliphatic carbocycles. The van der Waals surface area contributed by atoms with Gasteiger partial charge in [-0.05, 0) is 37.3 Å². The normalized spacial score (nSPS) is 12.1. The molecule has 152 valence electrons. The number of carboxylic acids is 1. The van der Waals surface area contributed by atoms with Crippen molar-refractivity contribution in [1.29, 1.82) is 0 Å². The third-order valence-electron chi connectivity index (χ3n) is 4.77. The van der Waals surface area contributed by atoms with Crippen LogP contribution in [0.2, 0.25) is 0 Å². The van der Waals surface area contributed by atoms with Crippen molar-refractivity contribution < 1.29 is 19.4 Å². The summed E-state index contributed by atoms with van der Waals surface area (Å²) in [4.78, 5) is 23.8. The van der Waals surface area contributed by atoms with Crippen molar-refractivity contribution in [1.82, 2.24) is 0 Å². The first-order chi connectivity index (χ1) is 13.0. The molecule has 0 heterocycles. The van der Waals surface area contributed by atoms with Gasteiger partial charge in [-0.25, -0.2) is 9.59 Å². The maximum atomic E-state index is 12.5. The van der Waals surface area contributed by atoms with Crippen molar-refractivity contribution in [2.24, 2.45) is 5.92 Å². The topological polar surface area (TPSA) is 63.6 Å². The number of hydrogen-bond donors (Lipinski definition) is 1. The number of benzene rings is 1. The number of aromatic carboxylic acids is 1. The van der Waals surface area contributed by atoms with Gasteiger partial charge in [0.25, 0.3) is 0 Å². The van der Waals surface area contributed by atoms with E-state index < -0.39 is 11.9 Å². The fourth-order valence-electron chi connectivity index (χ4n) is 3.32. The Morgan fingerprint density at radius 1 is 0.926 bits per heavy atom. The van der Waals surface area contributed by atoms with Gasteiger partial charge in [0.1, 0.15) is 6.10 Å². The Morgan fingerprint density at radius 2 is 1.48 bits per heavy atom. The lowest BCUT2D eigenvalue weighted by atomic mass is 9.99. The summed E-state index contributed by atoms with van der Waals surface area (Å²) in [5.41, 5.74) is 0.132. The smallest absolute Gasteiger partial charge is 0.339 e. The lowest BCUT2D eigenvalue weighted by molar-refractivity contribution is 0.0220. The molecule has 0 spiro atoms. The second-order valence-corrected chi connectivity index (χ2v) is 7.77. The molecule has 1 aromatic rings. The molecule has 27 heavy (non-hydrogen) atoms. The number of esters is 1. The van der Waals surface area contributed by atoms with E-state index in [1.54, 1.807) is 12.1 Å². The second-order valence-electron chi connectivity index (χ2n) is 7.77. The zero-order chi connectivity index (χ0) is 20.1. The van der Waals surface area contributed by atoms with Crippen LogP contribution in [0.1, 0.15) is 106 Å². The molecular formula is C23H36O4. The molecule has 1 unspecified atom stereocenters. The van der Waals surface area contributed by atoms with Crippen LogP contribution in [0.3, 0.4) is 0 Å². The molecule has 0 fully saturated rings. The maximum absolute atomic E-state index is 12.5. The molecule has 0 aliphatic heterocycles. The summed E-state index contributed by atoms with van der Waals surface area (Å²) in [6.07, 6.45) is 11.4. The summed E-state index contributed by atoms with van der Waals surface area (Å²) in [7, 11) is 0. The lowest BCUT2D eigenvalue weighted by Gasteiger charge is -2.20. The van der Waals surface area contributed by atoms with Crippen molar-refractivity contribution in [3.05, 3.63) is 35.4 Å². The Labute approximate surface area is 164 Å². The quantitative estimate of drug-likeness (QED) is 0.298. The molecule has 4 nitrogen and oxygen atoms in total. The highest BCUT2D eigenvalue weighted by atomic mass is 16.5. The van der Waals surface area contributed by atoms with Crippen LogP contribution in [-0.4, -0.2) is 23.1 Å². The number of rotatable bonds is 14. The monoisotopic (exact) mass is 376 g/mol. The van der Waals surface area contributed by atoms with E-state index in [0.717, 1.165) is 25.7 Å². The van der Waals surface area contributed by atoms with E-state index in [1.165, 1.54) is 50.7 Å². The highest BCUT2D eigenvalue weighted by Crippen LogP contribution is 2.20. The van der Waals surface area contributed by atoms with Gasteiger partial charge >= 0.3 is 11.9 Å². The molecule has 0 saturated heterocycles. The molecule has 0 bridgehead atoms. The van der Waals surface area contributed by atoms with Gasteiger partial charge in [0, 0.05) is 0 Å². The number of hydrogen-bond acceptors (Lipinski definition) is 3. The molecule has 0 aromatic heterocycles. The predicted molar refractivity (Wildman–Crippen MR) is 109 cm³/mol. The van der Waals surface area contributed by atoms with Crippen LogP contribution < -0.4 is 0 Å². The Morgan fingerprint density at radius 3 is 2.04 bits per heavy atom. The van der Waals surface area contributed by atoms with Crippen LogP contribution in [-0.2, 0) is 4.74 Å². The van der Waals surface area contributed by atoms with Gasteiger partial charge in [-0.15, -0.1) is 0 Å². The predicted octanol–water partition coefficient (Wildman–Crippen LogP) is 6.49. The molecular weight excluding hydrogens is 340 g/mol. The Hall–Kier alpha value is -1.84. The fourth-order valence-corrected chi connectivity index (χ4v) is 3.32. The largest absolute Gasteiger partial charge is 0.478 e. The first-order valence-electron chi connectivity index (χ1n) is 10.5. The van der Waals surface area contributed by atoms with E-state index in [4.69, 9.17) is 4.74 Å². The Bertz CT molecular complexity index is 565. The standard InChI is InChI=1S/C23H36O4/c1-4-5-6-7-8-9-10-11-14-19(17-18(2)3)27-23(26)21-16-13-12-15-20(21)22(24)25/h12-13,15-16,18-19H,4-11,14,17H2,1-3H3,(H,24,25). The SMILES string of the molecule is CCCCCCCCCCC(CC(C)C)OC(=O)c1ccccc1C(=O)O. The number of unbranched alkanes of at least 4 members (excludes halogenated alkanes) is 7.